The van der Waals surface area contributed by atoms with Gasteiger partial charge in [0.15, 0.2) is 0 Å². The third kappa shape index (κ3) is 2.77. The van der Waals surface area contributed by atoms with Gasteiger partial charge in [-0.2, -0.15) is 5.26 Å². The molecule has 0 unspecified atom stereocenters. The van der Waals surface area contributed by atoms with Crippen LogP contribution in [0.1, 0.15) is 32.3 Å². The third-order valence-corrected chi connectivity index (χ3v) is 3.18. The SMILES string of the molecule is CCC(CC)N(C)c1ccc([N+](=O)[O-])cc1C#N. The Balaban J connectivity index is 3.17. The molecule has 0 N–H and O–H groups in total. The minimum Gasteiger partial charge on any atom is -0.371 e. The van der Waals surface area contributed by atoms with E-state index < -0.39 is 4.92 Å². The Morgan fingerprint density at radius 1 is 1.44 bits per heavy atom. The summed E-state index contributed by atoms with van der Waals surface area (Å²) >= 11 is 0. The van der Waals surface area contributed by atoms with Gasteiger partial charge in [0.25, 0.3) is 5.69 Å². The van der Waals surface area contributed by atoms with Gasteiger partial charge in [-0.3, -0.25) is 10.1 Å². The Morgan fingerprint density at radius 2 is 2.06 bits per heavy atom. The molecule has 1 rings (SSSR count). The fraction of sp³-hybridized carbons (Fsp3) is 0.462. The summed E-state index contributed by atoms with van der Waals surface area (Å²) in [5.74, 6) is 0. The number of nitro benzene ring substituents is 1. The summed E-state index contributed by atoms with van der Waals surface area (Å²) in [5, 5.41) is 19.8. The van der Waals surface area contributed by atoms with Crippen LogP contribution >= 0.6 is 0 Å². The van der Waals surface area contributed by atoms with Gasteiger partial charge in [-0.05, 0) is 18.9 Å². The molecule has 0 amide bonds. The summed E-state index contributed by atoms with van der Waals surface area (Å²) in [7, 11) is 1.92. The average Bonchev–Trinajstić information content (AvgIpc) is 2.39. The molecule has 0 saturated carbocycles. The van der Waals surface area contributed by atoms with Gasteiger partial charge in [0.1, 0.15) is 6.07 Å². The van der Waals surface area contributed by atoms with Gasteiger partial charge in [0.05, 0.1) is 16.2 Å². The van der Waals surface area contributed by atoms with Gasteiger partial charge in [-0.25, -0.2) is 0 Å². The van der Waals surface area contributed by atoms with Crippen molar-refractivity contribution in [3.05, 3.63) is 33.9 Å². The summed E-state index contributed by atoms with van der Waals surface area (Å²) in [6.45, 7) is 4.17. The van der Waals surface area contributed by atoms with Gasteiger partial charge in [-0.15, -0.1) is 0 Å². The lowest BCUT2D eigenvalue weighted by Gasteiger charge is -2.29. The lowest BCUT2D eigenvalue weighted by atomic mass is 10.1. The highest BCUT2D eigenvalue weighted by molar-refractivity contribution is 5.63. The summed E-state index contributed by atoms with van der Waals surface area (Å²) < 4.78 is 0. The summed E-state index contributed by atoms with van der Waals surface area (Å²) in [6, 6.07) is 6.78. The molecule has 0 saturated heterocycles. The second-order valence-corrected chi connectivity index (χ2v) is 4.15. The first-order valence-electron chi connectivity index (χ1n) is 5.96. The van der Waals surface area contributed by atoms with E-state index in [1.54, 1.807) is 6.07 Å². The Kier molecular flexibility index (Phi) is 4.67. The number of benzene rings is 1. The zero-order valence-corrected chi connectivity index (χ0v) is 10.9. The molecule has 0 bridgehead atoms. The molecule has 0 heterocycles. The molecule has 18 heavy (non-hydrogen) atoms. The van der Waals surface area contributed by atoms with E-state index >= 15 is 0 Å². The molecule has 1 aromatic carbocycles. The molecule has 5 heteroatoms. The number of anilines is 1. The molecule has 0 fully saturated rings. The van der Waals surface area contributed by atoms with Crippen LogP contribution in [0.4, 0.5) is 11.4 Å². The fourth-order valence-corrected chi connectivity index (χ4v) is 2.07. The average molecular weight is 247 g/mol. The van der Waals surface area contributed by atoms with Crippen LogP contribution in [-0.4, -0.2) is 18.0 Å². The predicted octanol–water partition coefficient (Wildman–Crippen LogP) is 3.09. The maximum atomic E-state index is 10.7. The first-order valence-corrected chi connectivity index (χ1v) is 5.96. The molecule has 0 radical (unpaired) electrons. The molecule has 0 spiro atoms. The van der Waals surface area contributed by atoms with Crippen molar-refractivity contribution in [3.63, 3.8) is 0 Å². The smallest absolute Gasteiger partial charge is 0.270 e. The van der Waals surface area contributed by atoms with Crippen LogP contribution in [0.15, 0.2) is 18.2 Å². The Bertz CT molecular complexity index is 476. The first-order chi connectivity index (χ1) is 8.54. The molecular formula is C13H17N3O2. The van der Waals surface area contributed by atoms with Crippen LogP contribution in [0.2, 0.25) is 0 Å². The van der Waals surface area contributed by atoms with Crippen molar-refractivity contribution in [1.82, 2.24) is 0 Å². The van der Waals surface area contributed by atoms with Crippen molar-refractivity contribution >= 4 is 11.4 Å². The van der Waals surface area contributed by atoms with E-state index in [9.17, 15) is 10.1 Å². The topological polar surface area (TPSA) is 70.2 Å². The monoisotopic (exact) mass is 247 g/mol. The van der Waals surface area contributed by atoms with Gasteiger partial charge in [0, 0.05) is 25.2 Å². The predicted molar refractivity (Wildman–Crippen MR) is 70.6 cm³/mol. The van der Waals surface area contributed by atoms with E-state index in [4.69, 9.17) is 5.26 Å². The van der Waals surface area contributed by atoms with Crippen molar-refractivity contribution in [2.75, 3.05) is 11.9 Å². The molecule has 96 valence electrons. The number of nitriles is 1. The molecular weight excluding hydrogens is 230 g/mol. The van der Waals surface area contributed by atoms with Gasteiger partial charge in [-0.1, -0.05) is 13.8 Å². The number of hydrogen-bond donors (Lipinski definition) is 0. The minimum absolute atomic E-state index is 0.0479. The molecule has 5 nitrogen and oxygen atoms in total. The van der Waals surface area contributed by atoms with E-state index in [1.165, 1.54) is 12.1 Å². The minimum atomic E-state index is -0.484. The zero-order chi connectivity index (χ0) is 13.7. The summed E-state index contributed by atoms with van der Waals surface area (Å²) in [4.78, 5) is 12.2. The van der Waals surface area contributed by atoms with E-state index in [0.717, 1.165) is 18.5 Å². The van der Waals surface area contributed by atoms with Crippen LogP contribution in [0.3, 0.4) is 0 Å². The highest BCUT2D eigenvalue weighted by atomic mass is 16.6. The van der Waals surface area contributed by atoms with Crippen LogP contribution in [0.5, 0.6) is 0 Å². The van der Waals surface area contributed by atoms with E-state index in [0.29, 0.717) is 11.6 Å². The maximum absolute atomic E-state index is 10.7. The second kappa shape index (κ2) is 6.01. The van der Waals surface area contributed by atoms with Crippen LogP contribution in [0.25, 0.3) is 0 Å². The molecule has 0 aliphatic rings. The lowest BCUT2D eigenvalue weighted by Crippen LogP contribution is -2.30. The number of non-ortho nitro benzene ring substituents is 1. The van der Waals surface area contributed by atoms with Crippen molar-refractivity contribution in [2.24, 2.45) is 0 Å². The quantitative estimate of drug-likeness (QED) is 0.592. The molecule has 0 aliphatic carbocycles. The Morgan fingerprint density at radius 3 is 2.50 bits per heavy atom. The van der Waals surface area contributed by atoms with Gasteiger partial charge in [0.2, 0.25) is 0 Å². The standard InChI is InChI=1S/C13H17N3O2/c1-4-11(5-2)15(3)13-7-6-12(16(17)18)8-10(13)9-14/h6-8,11H,4-5H2,1-3H3. The lowest BCUT2D eigenvalue weighted by molar-refractivity contribution is -0.384. The number of rotatable bonds is 5. The van der Waals surface area contributed by atoms with Crippen LogP contribution < -0.4 is 4.90 Å². The molecule has 0 aromatic heterocycles. The van der Waals surface area contributed by atoms with Crippen molar-refractivity contribution in [2.45, 2.75) is 32.7 Å². The Hall–Kier alpha value is -2.09. The third-order valence-electron chi connectivity index (χ3n) is 3.18. The van der Waals surface area contributed by atoms with Crippen LogP contribution in [0, 0.1) is 21.4 Å². The summed E-state index contributed by atoms with van der Waals surface area (Å²) in [6.07, 6.45) is 1.93. The maximum Gasteiger partial charge on any atom is 0.270 e. The van der Waals surface area contributed by atoms with E-state index in [2.05, 4.69) is 13.8 Å². The second-order valence-electron chi connectivity index (χ2n) is 4.15. The van der Waals surface area contributed by atoms with E-state index in [1.807, 2.05) is 18.0 Å². The number of hydrogen-bond acceptors (Lipinski definition) is 4. The van der Waals surface area contributed by atoms with Crippen molar-refractivity contribution in [1.29, 1.82) is 5.26 Å². The highest BCUT2D eigenvalue weighted by Crippen LogP contribution is 2.26. The van der Waals surface area contributed by atoms with Gasteiger partial charge < -0.3 is 4.90 Å². The highest BCUT2D eigenvalue weighted by Gasteiger charge is 2.17. The Labute approximate surface area is 107 Å². The fourth-order valence-electron chi connectivity index (χ4n) is 2.07. The van der Waals surface area contributed by atoms with Gasteiger partial charge >= 0.3 is 0 Å². The normalized spacial score (nSPS) is 10.2. The van der Waals surface area contributed by atoms with Crippen molar-refractivity contribution < 1.29 is 4.92 Å². The van der Waals surface area contributed by atoms with Crippen molar-refractivity contribution in [3.8, 4) is 6.07 Å². The zero-order valence-electron chi connectivity index (χ0n) is 10.9. The van der Waals surface area contributed by atoms with Crippen LogP contribution in [-0.2, 0) is 0 Å². The first kappa shape index (κ1) is 14.0. The summed E-state index contributed by atoms with van der Waals surface area (Å²) in [5.41, 5.74) is 1.05. The molecule has 0 aliphatic heterocycles. The number of nitrogens with zero attached hydrogens (tertiary/aromatic N) is 3. The largest absolute Gasteiger partial charge is 0.371 e. The van der Waals surface area contributed by atoms with E-state index in [-0.39, 0.29) is 5.69 Å². The molecule has 0 atom stereocenters. The number of nitro groups is 1. The molecule has 1 aromatic rings.